The Bertz CT molecular complexity index is 1310. The highest BCUT2D eigenvalue weighted by Gasteiger charge is 2.22. The fourth-order valence-electron chi connectivity index (χ4n) is 4.22. The Morgan fingerprint density at radius 1 is 0.448 bits per heavy atom. The van der Waals surface area contributed by atoms with Gasteiger partial charge in [0.25, 0.3) is 0 Å². The van der Waals surface area contributed by atoms with Crippen molar-refractivity contribution >= 4 is 34.1 Å². The Hall–Kier alpha value is -3.40. The van der Waals surface area contributed by atoms with Crippen LogP contribution < -0.4 is 5.46 Å². The van der Waals surface area contributed by atoms with Crippen molar-refractivity contribution in [2.75, 3.05) is 0 Å². The summed E-state index contributed by atoms with van der Waals surface area (Å²) < 4.78 is 0. The molecule has 29 heavy (non-hydrogen) atoms. The summed E-state index contributed by atoms with van der Waals surface area (Å²) >= 11 is 0. The summed E-state index contributed by atoms with van der Waals surface area (Å²) in [5.41, 5.74) is 5.00. The molecule has 5 aromatic rings. The molecule has 0 aliphatic carbocycles. The normalized spacial score (nSPS) is 11.1. The van der Waals surface area contributed by atoms with E-state index in [0.29, 0.717) is 5.46 Å². The molecular weight excluding hydrogens is 355 g/mol. The molecule has 0 atom stereocenters. The smallest absolute Gasteiger partial charge is 0.423 e. The van der Waals surface area contributed by atoms with Gasteiger partial charge in [-0.3, -0.25) is 0 Å². The molecule has 138 valence electrons. The number of benzene rings is 5. The van der Waals surface area contributed by atoms with Gasteiger partial charge in [-0.2, -0.15) is 0 Å². The lowest BCUT2D eigenvalue weighted by Crippen LogP contribution is -2.31. The Morgan fingerprint density at radius 3 is 1.66 bits per heavy atom. The third kappa shape index (κ3) is 3.01. The van der Waals surface area contributed by atoms with Crippen molar-refractivity contribution in [1.82, 2.24) is 0 Å². The van der Waals surface area contributed by atoms with Gasteiger partial charge >= 0.3 is 7.12 Å². The van der Waals surface area contributed by atoms with E-state index in [1.165, 1.54) is 0 Å². The van der Waals surface area contributed by atoms with Crippen molar-refractivity contribution in [2.24, 2.45) is 0 Å². The molecule has 0 bridgehead atoms. The van der Waals surface area contributed by atoms with E-state index in [-0.39, 0.29) is 0 Å². The van der Waals surface area contributed by atoms with Crippen LogP contribution in [0.3, 0.4) is 0 Å². The molecule has 0 fully saturated rings. The molecular formula is C26H19BO2. The molecule has 0 aliphatic rings. The van der Waals surface area contributed by atoms with Gasteiger partial charge in [0.2, 0.25) is 0 Å². The number of fused-ring (bicyclic) bond motifs is 2. The minimum atomic E-state index is -1.55. The molecule has 0 unspecified atom stereocenters. The Morgan fingerprint density at radius 2 is 1.00 bits per heavy atom. The minimum Gasteiger partial charge on any atom is -0.423 e. The van der Waals surface area contributed by atoms with Crippen LogP contribution in [0.2, 0.25) is 0 Å². The summed E-state index contributed by atoms with van der Waals surface area (Å²) in [5, 5.41) is 24.2. The summed E-state index contributed by atoms with van der Waals surface area (Å²) in [5.74, 6) is 0. The second-order valence-electron chi connectivity index (χ2n) is 7.20. The molecule has 0 amide bonds. The topological polar surface area (TPSA) is 40.5 Å². The minimum absolute atomic E-state index is 0.551. The van der Waals surface area contributed by atoms with Gasteiger partial charge in [0.15, 0.2) is 0 Å². The molecule has 0 aliphatic heterocycles. The lowest BCUT2D eigenvalue weighted by atomic mass is 9.72. The molecule has 2 nitrogen and oxygen atoms in total. The van der Waals surface area contributed by atoms with Crippen LogP contribution in [0.1, 0.15) is 0 Å². The maximum atomic E-state index is 10.2. The van der Waals surface area contributed by atoms with Crippen molar-refractivity contribution in [1.29, 1.82) is 0 Å². The first kappa shape index (κ1) is 17.7. The standard InChI is InChI=1S/C26H19BO2/c28-27(29)26-22-14-8-7-13-21(22)25(19-11-5-2-6-12-19)24-17-20(15-16-23(24)26)18-9-3-1-4-10-18/h1-17,28-29H. The predicted octanol–water partition coefficient (Wildman–Crippen LogP) is 5.01. The van der Waals surface area contributed by atoms with Gasteiger partial charge in [-0.15, -0.1) is 0 Å². The zero-order valence-corrected chi connectivity index (χ0v) is 15.8. The fourth-order valence-corrected chi connectivity index (χ4v) is 4.22. The summed E-state index contributed by atoms with van der Waals surface area (Å²) in [6, 6.07) is 34.7. The lowest BCUT2D eigenvalue weighted by molar-refractivity contribution is 0.426. The van der Waals surface area contributed by atoms with Crippen molar-refractivity contribution in [3.8, 4) is 22.3 Å². The van der Waals surface area contributed by atoms with Crippen molar-refractivity contribution in [2.45, 2.75) is 0 Å². The van der Waals surface area contributed by atoms with E-state index < -0.39 is 7.12 Å². The quantitative estimate of drug-likeness (QED) is 0.344. The summed E-state index contributed by atoms with van der Waals surface area (Å²) in [6.07, 6.45) is 0. The van der Waals surface area contributed by atoms with Crippen molar-refractivity contribution in [3.05, 3.63) is 103 Å². The highest BCUT2D eigenvalue weighted by molar-refractivity contribution is 6.66. The van der Waals surface area contributed by atoms with Gasteiger partial charge in [-0.1, -0.05) is 97.1 Å². The number of rotatable bonds is 3. The number of hydrogen-bond acceptors (Lipinski definition) is 2. The van der Waals surface area contributed by atoms with Gasteiger partial charge < -0.3 is 10.0 Å². The SMILES string of the molecule is OB(O)c1c2ccccc2c(-c2ccccc2)c2cc(-c3ccccc3)ccc12. The van der Waals surface area contributed by atoms with Crippen LogP contribution in [0.5, 0.6) is 0 Å². The maximum absolute atomic E-state index is 10.2. The van der Waals surface area contributed by atoms with E-state index in [1.807, 2.05) is 66.7 Å². The zero-order chi connectivity index (χ0) is 19.8. The summed E-state index contributed by atoms with van der Waals surface area (Å²) in [6.45, 7) is 0. The zero-order valence-electron chi connectivity index (χ0n) is 15.8. The molecule has 0 saturated carbocycles. The van der Waals surface area contributed by atoms with Crippen LogP contribution in [-0.2, 0) is 0 Å². The van der Waals surface area contributed by atoms with Crippen LogP contribution in [0, 0.1) is 0 Å². The summed E-state index contributed by atoms with van der Waals surface area (Å²) in [4.78, 5) is 0. The molecule has 0 heterocycles. The van der Waals surface area contributed by atoms with Gasteiger partial charge in [-0.25, -0.2) is 0 Å². The van der Waals surface area contributed by atoms with Gasteiger partial charge in [-0.05, 0) is 55.3 Å². The molecule has 3 heteroatoms. The second kappa shape index (κ2) is 7.21. The first-order valence-electron chi connectivity index (χ1n) is 9.69. The maximum Gasteiger partial charge on any atom is 0.489 e. The molecule has 0 saturated heterocycles. The molecule has 0 aromatic heterocycles. The van der Waals surface area contributed by atoms with E-state index in [4.69, 9.17) is 0 Å². The largest absolute Gasteiger partial charge is 0.489 e. The molecule has 0 spiro atoms. The highest BCUT2D eigenvalue weighted by atomic mass is 16.4. The molecule has 5 rings (SSSR count). The molecule has 2 N–H and O–H groups in total. The van der Waals surface area contributed by atoms with Gasteiger partial charge in [0.1, 0.15) is 0 Å². The predicted molar refractivity (Wildman–Crippen MR) is 122 cm³/mol. The van der Waals surface area contributed by atoms with E-state index in [0.717, 1.165) is 43.8 Å². The van der Waals surface area contributed by atoms with E-state index in [9.17, 15) is 10.0 Å². The summed E-state index contributed by atoms with van der Waals surface area (Å²) in [7, 11) is -1.55. The average molecular weight is 374 g/mol. The van der Waals surface area contributed by atoms with Crippen LogP contribution in [0.25, 0.3) is 43.8 Å². The van der Waals surface area contributed by atoms with Crippen LogP contribution in [-0.4, -0.2) is 17.2 Å². The third-order valence-electron chi connectivity index (χ3n) is 5.49. The fraction of sp³-hybridized carbons (Fsp3) is 0. The monoisotopic (exact) mass is 374 g/mol. The Labute approximate surface area is 169 Å². The Balaban J connectivity index is 1.96. The van der Waals surface area contributed by atoms with Crippen LogP contribution in [0.15, 0.2) is 103 Å². The first-order chi connectivity index (χ1) is 14.2. The van der Waals surface area contributed by atoms with Crippen molar-refractivity contribution in [3.63, 3.8) is 0 Å². The van der Waals surface area contributed by atoms with Gasteiger partial charge in [0.05, 0.1) is 0 Å². The molecule has 0 radical (unpaired) electrons. The van der Waals surface area contributed by atoms with E-state index >= 15 is 0 Å². The van der Waals surface area contributed by atoms with Crippen LogP contribution in [0.4, 0.5) is 0 Å². The third-order valence-corrected chi connectivity index (χ3v) is 5.49. The van der Waals surface area contributed by atoms with Crippen molar-refractivity contribution < 1.29 is 10.0 Å². The lowest BCUT2D eigenvalue weighted by Gasteiger charge is -2.18. The number of hydrogen-bond donors (Lipinski definition) is 2. The molecule has 5 aromatic carbocycles. The van der Waals surface area contributed by atoms with E-state index in [1.54, 1.807) is 0 Å². The van der Waals surface area contributed by atoms with E-state index in [2.05, 4.69) is 36.4 Å². The Kier molecular flexibility index (Phi) is 4.40. The highest BCUT2D eigenvalue weighted by Crippen LogP contribution is 2.37. The first-order valence-corrected chi connectivity index (χ1v) is 9.69. The van der Waals surface area contributed by atoms with Gasteiger partial charge in [0, 0.05) is 0 Å². The average Bonchev–Trinajstić information content (AvgIpc) is 2.78. The van der Waals surface area contributed by atoms with Crippen LogP contribution >= 0.6 is 0 Å². The second-order valence-corrected chi connectivity index (χ2v) is 7.20.